The molecule has 1 amide bonds. The van der Waals surface area contributed by atoms with Crippen LogP contribution in [0.15, 0.2) is 30.6 Å². The lowest BCUT2D eigenvalue weighted by Crippen LogP contribution is -2.46. The summed E-state index contributed by atoms with van der Waals surface area (Å²) < 4.78 is 5.97. The predicted octanol–water partition coefficient (Wildman–Crippen LogP) is 3.46. The van der Waals surface area contributed by atoms with Crippen LogP contribution in [0.5, 0.6) is 5.75 Å². The van der Waals surface area contributed by atoms with E-state index in [-0.39, 0.29) is 17.9 Å². The molecule has 2 atom stereocenters. The van der Waals surface area contributed by atoms with E-state index in [0.29, 0.717) is 17.3 Å². The monoisotopic (exact) mass is 320 g/mol. The fraction of sp³-hybridized carbons (Fsp3) is 0.529. The maximum Gasteiger partial charge on any atom is 0.226 e. The number of piperidine rings is 1. The molecule has 1 saturated heterocycles. The fourth-order valence-corrected chi connectivity index (χ4v) is 3.31. The van der Waals surface area contributed by atoms with Crippen molar-refractivity contribution in [1.29, 1.82) is 0 Å². The largest absolute Gasteiger partial charge is 0.487 e. The lowest BCUT2D eigenvalue weighted by Gasteiger charge is -2.35. The molecule has 0 radical (unpaired) electrons. The predicted molar refractivity (Wildman–Crippen MR) is 86.0 cm³/mol. The van der Waals surface area contributed by atoms with Crippen molar-refractivity contribution < 1.29 is 9.53 Å². The summed E-state index contributed by atoms with van der Waals surface area (Å²) in [6, 6.07) is 1.77. The Morgan fingerprint density at radius 2 is 2.27 bits per heavy atom. The molecule has 0 aromatic carbocycles. The van der Waals surface area contributed by atoms with Gasteiger partial charge in [0.15, 0.2) is 0 Å². The van der Waals surface area contributed by atoms with Gasteiger partial charge in [-0.2, -0.15) is 0 Å². The second-order valence-electron chi connectivity index (χ2n) is 5.95. The van der Waals surface area contributed by atoms with Crippen LogP contribution in [0.3, 0.4) is 0 Å². The highest BCUT2D eigenvalue weighted by atomic mass is 35.5. The number of rotatable bonds is 3. The minimum Gasteiger partial charge on any atom is -0.487 e. The first kappa shape index (κ1) is 15.3. The van der Waals surface area contributed by atoms with Crippen molar-refractivity contribution in [3.05, 3.63) is 35.6 Å². The molecule has 1 aromatic rings. The number of hydrogen-bond acceptors (Lipinski definition) is 3. The van der Waals surface area contributed by atoms with Crippen LogP contribution in [0.1, 0.15) is 32.1 Å². The summed E-state index contributed by atoms with van der Waals surface area (Å²) in [7, 11) is 0. The third-order valence-electron chi connectivity index (χ3n) is 4.34. The lowest BCUT2D eigenvalue weighted by atomic mass is 9.92. The van der Waals surface area contributed by atoms with Gasteiger partial charge in [0, 0.05) is 30.9 Å². The van der Waals surface area contributed by atoms with E-state index < -0.39 is 0 Å². The van der Waals surface area contributed by atoms with Crippen LogP contribution in [0.4, 0.5) is 0 Å². The van der Waals surface area contributed by atoms with Gasteiger partial charge in [-0.25, -0.2) is 0 Å². The Morgan fingerprint density at radius 3 is 3.05 bits per heavy atom. The molecule has 118 valence electrons. The van der Waals surface area contributed by atoms with Crippen LogP contribution in [-0.4, -0.2) is 35.0 Å². The van der Waals surface area contributed by atoms with Crippen molar-refractivity contribution >= 4 is 17.5 Å². The van der Waals surface area contributed by atoms with Crippen LogP contribution in [0, 0.1) is 5.92 Å². The van der Waals surface area contributed by atoms with Gasteiger partial charge in [0.25, 0.3) is 0 Å². The quantitative estimate of drug-likeness (QED) is 0.801. The Morgan fingerprint density at radius 1 is 1.36 bits per heavy atom. The number of nitrogens with zero attached hydrogens (tertiary/aromatic N) is 2. The average molecular weight is 321 g/mol. The van der Waals surface area contributed by atoms with E-state index in [4.69, 9.17) is 16.3 Å². The molecule has 5 heteroatoms. The molecular weight excluding hydrogens is 300 g/mol. The van der Waals surface area contributed by atoms with Gasteiger partial charge < -0.3 is 9.64 Å². The maximum atomic E-state index is 12.6. The molecule has 3 rings (SSSR count). The van der Waals surface area contributed by atoms with Crippen molar-refractivity contribution in [3.63, 3.8) is 0 Å². The molecule has 4 nitrogen and oxygen atoms in total. The molecule has 2 aliphatic rings. The average Bonchev–Trinajstić information content (AvgIpc) is 2.57. The first-order chi connectivity index (χ1) is 10.7. The topological polar surface area (TPSA) is 42.4 Å². The number of hydrogen-bond donors (Lipinski definition) is 0. The maximum absolute atomic E-state index is 12.6. The number of amides is 1. The number of halogens is 1. The van der Waals surface area contributed by atoms with Gasteiger partial charge in [-0.15, -0.1) is 0 Å². The highest BCUT2D eigenvalue weighted by Gasteiger charge is 2.29. The van der Waals surface area contributed by atoms with E-state index in [1.807, 2.05) is 4.90 Å². The molecule has 1 fully saturated rings. The number of pyridine rings is 1. The first-order valence-electron chi connectivity index (χ1n) is 7.94. The van der Waals surface area contributed by atoms with E-state index in [9.17, 15) is 4.79 Å². The Kier molecular flexibility index (Phi) is 4.98. The van der Waals surface area contributed by atoms with Crippen molar-refractivity contribution in [2.45, 2.75) is 38.2 Å². The second-order valence-corrected chi connectivity index (χ2v) is 6.36. The Balaban J connectivity index is 1.60. The SMILES string of the molecule is O=C(C1CC=CCC1)N1CCCC(Oc2ccncc2Cl)C1. The van der Waals surface area contributed by atoms with Crippen molar-refractivity contribution in [2.24, 2.45) is 5.92 Å². The van der Waals surface area contributed by atoms with Crippen molar-refractivity contribution in [2.75, 3.05) is 13.1 Å². The van der Waals surface area contributed by atoms with Crippen LogP contribution in [0.2, 0.25) is 5.02 Å². The summed E-state index contributed by atoms with van der Waals surface area (Å²) in [6.45, 7) is 1.49. The first-order valence-corrected chi connectivity index (χ1v) is 8.32. The zero-order valence-electron chi connectivity index (χ0n) is 12.6. The minimum atomic E-state index is 0.0109. The van der Waals surface area contributed by atoms with Gasteiger partial charge in [0.1, 0.15) is 16.9 Å². The molecule has 0 spiro atoms. The van der Waals surface area contributed by atoms with Crippen LogP contribution < -0.4 is 4.74 Å². The third-order valence-corrected chi connectivity index (χ3v) is 4.62. The van der Waals surface area contributed by atoms with Gasteiger partial charge >= 0.3 is 0 Å². The molecule has 1 aromatic heterocycles. The van der Waals surface area contributed by atoms with Crippen molar-refractivity contribution in [3.8, 4) is 5.75 Å². The van der Waals surface area contributed by atoms with Crippen molar-refractivity contribution in [1.82, 2.24) is 9.88 Å². The molecule has 1 aliphatic carbocycles. The van der Waals surface area contributed by atoms with Gasteiger partial charge in [-0.1, -0.05) is 23.8 Å². The summed E-state index contributed by atoms with van der Waals surface area (Å²) in [6.07, 6.45) is 12.3. The lowest BCUT2D eigenvalue weighted by molar-refractivity contribution is -0.138. The van der Waals surface area contributed by atoms with E-state index in [1.165, 1.54) is 0 Å². The number of carbonyl (C=O) groups excluding carboxylic acids is 1. The highest BCUT2D eigenvalue weighted by molar-refractivity contribution is 6.31. The third kappa shape index (κ3) is 3.61. The van der Waals surface area contributed by atoms with Crippen LogP contribution in [-0.2, 0) is 4.79 Å². The molecule has 2 unspecified atom stereocenters. The summed E-state index contributed by atoms with van der Waals surface area (Å²) in [4.78, 5) is 18.5. The van der Waals surface area contributed by atoms with Gasteiger partial charge in [0.05, 0.1) is 6.54 Å². The standard InChI is InChI=1S/C17H21ClN2O2/c18-15-11-19-9-8-16(15)22-14-7-4-10-20(12-14)17(21)13-5-2-1-3-6-13/h1-2,8-9,11,13-14H,3-7,10,12H2. The number of carbonyl (C=O) groups is 1. The molecule has 22 heavy (non-hydrogen) atoms. The van der Waals surface area contributed by atoms with Gasteiger partial charge in [-0.3, -0.25) is 9.78 Å². The summed E-state index contributed by atoms with van der Waals surface area (Å²) >= 11 is 6.09. The summed E-state index contributed by atoms with van der Waals surface area (Å²) in [5, 5.41) is 0.517. The van der Waals surface area contributed by atoms with Crippen LogP contribution in [0.25, 0.3) is 0 Å². The smallest absolute Gasteiger partial charge is 0.226 e. The van der Waals surface area contributed by atoms with Crippen LogP contribution >= 0.6 is 11.6 Å². The number of aromatic nitrogens is 1. The Labute approximate surface area is 136 Å². The van der Waals surface area contributed by atoms with E-state index in [1.54, 1.807) is 18.5 Å². The number of allylic oxidation sites excluding steroid dienone is 2. The zero-order valence-corrected chi connectivity index (χ0v) is 13.3. The Hall–Kier alpha value is -1.55. The highest BCUT2D eigenvalue weighted by Crippen LogP contribution is 2.27. The zero-order chi connectivity index (χ0) is 15.4. The number of ether oxygens (including phenoxy) is 1. The summed E-state index contributed by atoms with van der Waals surface area (Å²) in [5.74, 6) is 1.07. The van der Waals surface area contributed by atoms with Gasteiger partial charge in [-0.05, 0) is 32.1 Å². The van der Waals surface area contributed by atoms with E-state index >= 15 is 0 Å². The van der Waals surface area contributed by atoms with Gasteiger partial charge in [0.2, 0.25) is 5.91 Å². The number of likely N-dealkylation sites (tertiary alicyclic amines) is 1. The molecular formula is C17H21ClN2O2. The van der Waals surface area contributed by atoms with E-state index in [0.717, 1.165) is 38.6 Å². The molecule has 1 aliphatic heterocycles. The second kappa shape index (κ2) is 7.14. The summed E-state index contributed by atoms with van der Waals surface area (Å²) in [5.41, 5.74) is 0. The molecule has 0 bridgehead atoms. The fourth-order valence-electron chi connectivity index (χ4n) is 3.15. The normalized spacial score (nSPS) is 25.0. The molecule has 0 N–H and O–H groups in total. The Bertz CT molecular complexity index is 561. The molecule has 0 saturated carbocycles. The van der Waals surface area contributed by atoms with E-state index in [2.05, 4.69) is 17.1 Å². The molecule has 2 heterocycles. The minimum absolute atomic E-state index is 0.0109.